The molecule has 1 N–H and O–H groups in total. The molecule has 0 saturated heterocycles. The number of ether oxygens (including phenoxy) is 1. The molecule has 2 aromatic heterocycles. The van der Waals surface area contributed by atoms with Crippen molar-refractivity contribution in [3.63, 3.8) is 0 Å². The van der Waals surface area contributed by atoms with Crippen LogP contribution in [0.15, 0.2) is 40.1 Å². The van der Waals surface area contributed by atoms with E-state index >= 15 is 0 Å². The molecule has 6 nitrogen and oxygen atoms in total. The van der Waals surface area contributed by atoms with E-state index in [9.17, 15) is 9.59 Å². The van der Waals surface area contributed by atoms with Gasteiger partial charge >= 0.3 is 5.97 Å². The molecule has 0 aliphatic rings. The summed E-state index contributed by atoms with van der Waals surface area (Å²) < 4.78 is 10.2. The maximum absolute atomic E-state index is 12.2. The molecule has 0 radical (unpaired) electrons. The predicted octanol–water partition coefficient (Wildman–Crippen LogP) is 3.67. The van der Waals surface area contributed by atoms with Crippen molar-refractivity contribution in [3.05, 3.63) is 64.1 Å². The lowest BCUT2D eigenvalue weighted by Gasteiger charge is -2.01. The average Bonchev–Trinajstić information content (AvgIpc) is 3.26. The fraction of sp³-hybridized carbons (Fsp3) is 0.250. The first-order chi connectivity index (χ1) is 13.0. The summed E-state index contributed by atoms with van der Waals surface area (Å²) in [7, 11) is 1.31. The Bertz CT molecular complexity index is 957. The van der Waals surface area contributed by atoms with Gasteiger partial charge in [-0.2, -0.15) is 0 Å². The number of esters is 1. The number of carbonyl (C=O) groups is 2. The Hall–Kier alpha value is -2.93. The first-order valence-corrected chi connectivity index (χ1v) is 9.30. The number of furan rings is 1. The number of benzene rings is 1. The summed E-state index contributed by atoms with van der Waals surface area (Å²) in [6.07, 6.45) is 0.186. The topological polar surface area (TPSA) is 81.4 Å². The van der Waals surface area contributed by atoms with Gasteiger partial charge in [0.15, 0.2) is 0 Å². The molecule has 140 valence electrons. The highest BCUT2D eigenvalue weighted by atomic mass is 32.1. The fourth-order valence-electron chi connectivity index (χ4n) is 2.57. The lowest BCUT2D eigenvalue weighted by molar-refractivity contribution is -0.120. The van der Waals surface area contributed by atoms with Gasteiger partial charge in [0, 0.05) is 10.9 Å². The Labute approximate surface area is 161 Å². The highest BCUT2D eigenvalue weighted by Gasteiger charge is 2.16. The minimum absolute atomic E-state index is 0.163. The normalized spacial score (nSPS) is 10.6. The van der Waals surface area contributed by atoms with Crippen molar-refractivity contribution in [2.45, 2.75) is 26.8 Å². The van der Waals surface area contributed by atoms with Gasteiger partial charge in [0.2, 0.25) is 5.91 Å². The van der Waals surface area contributed by atoms with Crippen molar-refractivity contribution in [2.75, 3.05) is 7.11 Å². The Kier molecular flexibility index (Phi) is 5.71. The first kappa shape index (κ1) is 18.8. The van der Waals surface area contributed by atoms with Crippen LogP contribution in [0.5, 0.6) is 0 Å². The fourth-order valence-corrected chi connectivity index (χ4v) is 3.40. The second kappa shape index (κ2) is 8.18. The largest absolute Gasteiger partial charge is 0.465 e. The van der Waals surface area contributed by atoms with Crippen molar-refractivity contribution >= 4 is 23.2 Å². The van der Waals surface area contributed by atoms with Gasteiger partial charge in [-0.05, 0) is 19.9 Å². The number of hydrogen-bond acceptors (Lipinski definition) is 6. The third-order valence-corrected chi connectivity index (χ3v) is 4.97. The minimum atomic E-state index is -0.458. The van der Waals surface area contributed by atoms with Crippen molar-refractivity contribution in [3.8, 4) is 10.6 Å². The van der Waals surface area contributed by atoms with Gasteiger partial charge in [-0.25, -0.2) is 9.78 Å². The maximum Gasteiger partial charge on any atom is 0.341 e. The molecule has 0 saturated carbocycles. The molecular formula is C20H20N2O4S. The van der Waals surface area contributed by atoms with E-state index < -0.39 is 5.97 Å². The Balaban J connectivity index is 1.57. The Morgan fingerprint density at radius 3 is 2.67 bits per heavy atom. The van der Waals surface area contributed by atoms with Crippen LogP contribution >= 0.6 is 11.3 Å². The van der Waals surface area contributed by atoms with Gasteiger partial charge in [-0.15, -0.1) is 11.3 Å². The number of aromatic nitrogens is 1. The third-order valence-electron chi connectivity index (χ3n) is 4.03. The van der Waals surface area contributed by atoms with E-state index in [2.05, 4.69) is 15.0 Å². The van der Waals surface area contributed by atoms with Gasteiger partial charge in [-0.3, -0.25) is 4.79 Å². The quantitative estimate of drug-likeness (QED) is 0.656. The van der Waals surface area contributed by atoms with E-state index in [0.717, 1.165) is 16.3 Å². The van der Waals surface area contributed by atoms with Crippen LogP contribution in [-0.4, -0.2) is 24.0 Å². The second-order valence-corrected chi connectivity index (χ2v) is 7.00. The molecule has 7 heteroatoms. The zero-order valence-electron chi connectivity index (χ0n) is 15.4. The molecule has 3 rings (SSSR count). The third kappa shape index (κ3) is 4.62. The van der Waals surface area contributed by atoms with Gasteiger partial charge in [0.05, 0.1) is 25.8 Å². The number of carbonyl (C=O) groups excluding carboxylic acids is 2. The lowest BCUT2D eigenvalue weighted by Crippen LogP contribution is -2.24. The highest BCUT2D eigenvalue weighted by molar-refractivity contribution is 7.13. The lowest BCUT2D eigenvalue weighted by atomic mass is 10.2. The van der Waals surface area contributed by atoms with Gasteiger partial charge < -0.3 is 14.5 Å². The Morgan fingerprint density at radius 1 is 1.22 bits per heavy atom. The molecule has 0 aliphatic carbocycles. The predicted molar refractivity (Wildman–Crippen MR) is 103 cm³/mol. The molecule has 2 heterocycles. The molecule has 0 unspecified atom stereocenters. The standard InChI is InChI=1S/C20H20N2O4S/c1-12-4-6-14(7-5-12)19-22-15(11-27-19)8-18(23)21-10-16-9-17(13(2)26-16)20(24)25-3/h4-7,9,11H,8,10H2,1-3H3,(H,21,23). The summed E-state index contributed by atoms with van der Waals surface area (Å²) in [4.78, 5) is 28.3. The molecule has 0 fully saturated rings. The van der Waals surface area contributed by atoms with E-state index in [0.29, 0.717) is 17.1 Å². The number of amides is 1. The number of hydrogen-bond donors (Lipinski definition) is 1. The summed E-state index contributed by atoms with van der Waals surface area (Å²) >= 11 is 1.51. The summed E-state index contributed by atoms with van der Waals surface area (Å²) in [5.74, 6) is 0.345. The number of rotatable bonds is 6. The molecule has 0 bridgehead atoms. The van der Waals surface area contributed by atoms with E-state index in [1.807, 2.05) is 36.6 Å². The minimum Gasteiger partial charge on any atom is -0.465 e. The van der Waals surface area contributed by atoms with E-state index in [-0.39, 0.29) is 18.9 Å². The van der Waals surface area contributed by atoms with Crippen LogP contribution in [0.4, 0.5) is 0 Å². The zero-order valence-corrected chi connectivity index (χ0v) is 16.2. The summed E-state index contributed by atoms with van der Waals surface area (Å²) in [5, 5.41) is 5.56. The Morgan fingerprint density at radius 2 is 1.96 bits per heavy atom. The molecule has 1 aromatic carbocycles. The molecule has 0 aliphatic heterocycles. The van der Waals surface area contributed by atoms with Crippen LogP contribution in [0.2, 0.25) is 0 Å². The van der Waals surface area contributed by atoms with E-state index in [1.54, 1.807) is 13.0 Å². The molecule has 0 spiro atoms. The summed E-state index contributed by atoms with van der Waals surface area (Å²) in [6, 6.07) is 9.71. The summed E-state index contributed by atoms with van der Waals surface area (Å²) in [6.45, 7) is 3.92. The van der Waals surface area contributed by atoms with Crippen LogP contribution in [0.3, 0.4) is 0 Å². The number of aryl methyl sites for hydroxylation is 2. The second-order valence-electron chi connectivity index (χ2n) is 6.14. The molecule has 3 aromatic rings. The van der Waals surface area contributed by atoms with Crippen molar-refractivity contribution in [2.24, 2.45) is 0 Å². The van der Waals surface area contributed by atoms with Crippen LogP contribution in [0, 0.1) is 13.8 Å². The van der Waals surface area contributed by atoms with Crippen molar-refractivity contribution < 1.29 is 18.7 Å². The number of methoxy groups -OCH3 is 1. The molecular weight excluding hydrogens is 364 g/mol. The van der Waals surface area contributed by atoms with Crippen LogP contribution in [-0.2, 0) is 22.5 Å². The first-order valence-electron chi connectivity index (χ1n) is 8.42. The highest BCUT2D eigenvalue weighted by Crippen LogP contribution is 2.24. The average molecular weight is 384 g/mol. The molecule has 27 heavy (non-hydrogen) atoms. The molecule has 1 amide bonds. The smallest absolute Gasteiger partial charge is 0.341 e. The SMILES string of the molecule is COC(=O)c1cc(CNC(=O)Cc2csc(-c3ccc(C)cc3)n2)oc1C. The number of thiazole rings is 1. The van der Waals surface area contributed by atoms with E-state index in [1.165, 1.54) is 24.0 Å². The summed E-state index contributed by atoms with van der Waals surface area (Å²) in [5.41, 5.74) is 3.32. The van der Waals surface area contributed by atoms with Gasteiger partial charge in [-0.1, -0.05) is 29.8 Å². The zero-order chi connectivity index (χ0) is 19.4. The monoisotopic (exact) mass is 384 g/mol. The van der Waals surface area contributed by atoms with Gasteiger partial charge in [0.1, 0.15) is 22.1 Å². The number of nitrogens with zero attached hydrogens (tertiary/aromatic N) is 1. The maximum atomic E-state index is 12.2. The van der Waals surface area contributed by atoms with Crippen LogP contribution < -0.4 is 5.32 Å². The van der Waals surface area contributed by atoms with Crippen molar-refractivity contribution in [1.29, 1.82) is 0 Å². The molecule has 0 atom stereocenters. The van der Waals surface area contributed by atoms with Crippen LogP contribution in [0.25, 0.3) is 10.6 Å². The van der Waals surface area contributed by atoms with Crippen molar-refractivity contribution in [1.82, 2.24) is 10.3 Å². The van der Waals surface area contributed by atoms with Crippen LogP contribution in [0.1, 0.15) is 33.1 Å². The number of nitrogens with one attached hydrogen (secondary N) is 1. The van der Waals surface area contributed by atoms with Gasteiger partial charge in [0.25, 0.3) is 0 Å². The van der Waals surface area contributed by atoms with E-state index in [4.69, 9.17) is 4.42 Å².